The van der Waals surface area contributed by atoms with Crippen molar-refractivity contribution >= 4 is 23.7 Å². The molecule has 1 aromatic rings. The Kier molecular flexibility index (Phi) is 7.10. The van der Waals surface area contributed by atoms with Crippen molar-refractivity contribution in [3.63, 3.8) is 0 Å². The van der Waals surface area contributed by atoms with Crippen molar-refractivity contribution in [3.05, 3.63) is 24.2 Å². The molecule has 0 radical (unpaired) electrons. The van der Waals surface area contributed by atoms with Crippen LogP contribution >= 0.6 is 11.8 Å². The monoisotopic (exact) mass is 286 g/mol. The third-order valence-electron chi connectivity index (χ3n) is 2.21. The fourth-order valence-corrected chi connectivity index (χ4v) is 2.38. The van der Waals surface area contributed by atoms with Gasteiger partial charge in [0, 0.05) is 0 Å². The van der Waals surface area contributed by atoms with E-state index in [1.165, 1.54) is 11.8 Å². The maximum atomic E-state index is 11.8. The summed E-state index contributed by atoms with van der Waals surface area (Å²) in [6, 6.07) is 3.60. The Bertz CT molecular complexity index is 388. The van der Waals surface area contributed by atoms with Crippen molar-refractivity contribution in [2.24, 2.45) is 0 Å². The third-order valence-corrected chi connectivity index (χ3v) is 3.43. The summed E-state index contributed by atoms with van der Waals surface area (Å²) in [5, 5.41) is -0.566. The molecule has 0 fully saturated rings. The molecule has 0 bridgehead atoms. The van der Waals surface area contributed by atoms with Gasteiger partial charge in [-0.1, -0.05) is 0 Å². The summed E-state index contributed by atoms with van der Waals surface area (Å²) in [4.78, 5) is 23.2. The Morgan fingerprint density at radius 1 is 1.32 bits per heavy atom. The zero-order chi connectivity index (χ0) is 14.1. The summed E-state index contributed by atoms with van der Waals surface area (Å²) in [7, 11) is 0. The van der Waals surface area contributed by atoms with Gasteiger partial charge in [0.25, 0.3) is 0 Å². The highest BCUT2D eigenvalue weighted by atomic mass is 32.2. The van der Waals surface area contributed by atoms with E-state index in [1.54, 1.807) is 26.2 Å². The molecule has 1 aromatic heterocycles. The zero-order valence-corrected chi connectivity index (χ0v) is 11.9. The molecule has 1 rings (SSSR count). The minimum atomic E-state index is -0.566. The van der Waals surface area contributed by atoms with Crippen LogP contribution in [0.2, 0.25) is 0 Å². The van der Waals surface area contributed by atoms with Gasteiger partial charge in [-0.05, 0) is 26.0 Å². The second kappa shape index (κ2) is 8.63. The standard InChI is InChI=1S/C13H18O5S/c1-3-16-12(14)8-11(13(15)17-4-2)19-9-10-6-5-7-18-10/h5-7,11H,3-4,8-9H2,1-2H3. The second-order valence-corrected chi connectivity index (χ2v) is 4.83. The van der Waals surface area contributed by atoms with Crippen LogP contribution in [0.1, 0.15) is 26.0 Å². The van der Waals surface area contributed by atoms with Crippen molar-refractivity contribution in [3.8, 4) is 0 Å². The number of thioether (sulfide) groups is 1. The third kappa shape index (κ3) is 5.83. The van der Waals surface area contributed by atoms with E-state index in [0.717, 1.165) is 5.76 Å². The number of carbonyl (C=O) groups is 2. The first kappa shape index (κ1) is 15.6. The second-order valence-electron chi connectivity index (χ2n) is 3.64. The summed E-state index contributed by atoms with van der Waals surface area (Å²) >= 11 is 1.31. The molecular formula is C13H18O5S. The Hall–Kier alpha value is -1.43. The molecule has 0 aromatic carbocycles. The Morgan fingerprint density at radius 2 is 2.05 bits per heavy atom. The molecule has 0 spiro atoms. The highest BCUT2D eigenvalue weighted by molar-refractivity contribution is 7.99. The number of carbonyl (C=O) groups excluding carboxylic acids is 2. The zero-order valence-electron chi connectivity index (χ0n) is 11.1. The van der Waals surface area contributed by atoms with Gasteiger partial charge in [-0.25, -0.2) is 0 Å². The topological polar surface area (TPSA) is 65.7 Å². The van der Waals surface area contributed by atoms with Crippen LogP contribution in [-0.2, 0) is 24.8 Å². The SMILES string of the molecule is CCOC(=O)CC(SCc1ccco1)C(=O)OCC. The molecule has 1 heterocycles. The maximum absolute atomic E-state index is 11.8. The molecule has 0 aliphatic rings. The van der Waals surface area contributed by atoms with Gasteiger partial charge in [0.2, 0.25) is 0 Å². The quantitative estimate of drug-likeness (QED) is 0.684. The van der Waals surface area contributed by atoms with Crippen LogP contribution in [0.25, 0.3) is 0 Å². The summed E-state index contributed by atoms with van der Waals surface area (Å²) in [5.41, 5.74) is 0. The molecule has 1 unspecified atom stereocenters. The van der Waals surface area contributed by atoms with Gasteiger partial charge in [0.1, 0.15) is 11.0 Å². The molecule has 0 aliphatic carbocycles. The van der Waals surface area contributed by atoms with Crippen LogP contribution in [-0.4, -0.2) is 30.4 Å². The number of hydrogen-bond acceptors (Lipinski definition) is 6. The minimum absolute atomic E-state index is 0.0120. The molecule has 0 N–H and O–H groups in total. The Balaban J connectivity index is 2.53. The van der Waals surface area contributed by atoms with Gasteiger partial charge in [-0.15, -0.1) is 11.8 Å². The van der Waals surface area contributed by atoms with E-state index in [-0.39, 0.29) is 6.42 Å². The van der Waals surface area contributed by atoms with Crippen LogP contribution in [0.3, 0.4) is 0 Å². The predicted octanol–water partition coefficient (Wildman–Crippen LogP) is 2.40. The van der Waals surface area contributed by atoms with Crippen LogP contribution < -0.4 is 0 Å². The fraction of sp³-hybridized carbons (Fsp3) is 0.538. The molecule has 1 atom stereocenters. The normalized spacial score (nSPS) is 11.9. The summed E-state index contributed by atoms with van der Waals surface area (Å²) in [5.74, 6) is 0.471. The van der Waals surface area contributed by atoms with Gasteiger partial charge < -0.3 is 13.9 Å². The number of ether oxygens (including phenoxy) is 2. The molecule has 106 valence electrons. The van der Waals surface area contributed by atoms with E-state index >= 15 is 0 Å². The van der Waals surface area contributed by atoms with Crippen LogP contribution in [0.4, 0.5) is 0 Å². The van der Waals surface area contributed by atoms with Gasteiger partial charge in [0.05, 0.1) is 31.7 Å². The van der Waals surface area contributed by atoms with Crippen molar-refractivity contribution in [2.45, 2.75) is 31.3 Å². The first-order chi connectivity index (χ1) is 9.17. The van der Waals surface area contributed by atoms with E-state index in [9.17, 15) is 9.59 Å². The van der Waals surface area contributed by atoms with Gasteiger partial charge in [-0.2, -0.15) is 0 Å². The number of hydrogen-bond donors (Lipinski definition) is 0. The molecule has 0 aliphatic heterocycles. The van der Waals surface area contributed by atoms with Crippen LogP contribution in [0, 0.1) is 0 Å². The average Bonchev–Trinajstić information content (AvgIpc) is 2.88. The lowest BCUT2D eigenvalue weighted by Gasteiger charge is -2.13. The lowest BCUT2D eigenvalue weighted by Crippen LogP contribution is -2.24. The van der Waals surface area contributed by atoms with Crippen LogP contribution in [0.15, 0.2) is 22.8 Å². The smallest absolute Gasteiger partial charge is 0.319 e. The maximum Gasteiger partial charge on any atom is 0.319 e. The van der Waals surface area contributed by atoms with Gasteiger partial charge in [-0.3, -0.25) is 9.59 Å². The fourth-order valence-electron chi connectivity index (χ4n) is 1.39. The summed E-state index contributed by atoms with van der Waals surface area (Å²) in [6.07, 6.45) is 1.58. The Morgan fingerprint density at radius 3 is 2.63 bits per heavy atom. The highest BCUT2D eigenvalue weighted by Gasteiger charge is 2.24. The number of rotatable bonds is 8. The predicted molar refractivity (Wildman–Crippen MR) is 71.7 cm³/mol. The molecule has 0 saturated carbocycles. The molecular weight excluding hydrogens is 268 g/mol. The van der Waals surface area contributed by atoms with E-state index in [0.29, 0.717) is 19.0 Å². The summed E-state index contributed by atoms with van der Waals surface area (Å²) in [6.45, 7) is 4.06. The lowest BCUT2D eigenvalue weighted by atomic mass is 10.3. The number of furan rings is 1. The first-order valence-electron chi connectivity index (χ1n) is 6.13. The Labute approximate surface area is 116 Å². The van der Waals surface area contributed by atoms with Gasteiger partial charge in [0.15, 0.2) is 0 Å². The van der Waals surface area contributed by atoms with Crippen molar-refractivity contribution in [1.82, 2.24) is 0 Å². The van der Waals surface area contributed by atoms with Crippen molar-refractivity contribution in [1.29, 1.82) is 0 Å². The van der Waals surface area contributed by atoms with Crippen molar-refractivity contribution < 1.29 is 23.5 Å². The van der Waals surface area contributed by atoms with Gasteiger partial charge >= 0.3 is 11.9 Å². The van der Waals surface area contributed by atoms with E-state index in [4.69, 9.17) is 13.9 Å². The molecule has 19 heavy (non-hydrogen) atoms. The van der Waals surface area contributed by atoms with Crippen LogP contribution in [0.5, 0.6) is 0 Å². The van der Waals surface area contributed by atoms with E-state index < -0.39 is 17.2 Å². The van der Waals surface area contributed by atoms with E-state index in [2.05, 4.69) is 0 Å². The first-order valence-corrected chi connectivity index (χ1v) is 7.18. The largest absolute Gasteiger partial charge is 0.468 e. The highest BCUT2D eigenvalue weighted by Crippen LogP contribution is 2.22. The number of esters is 2. The average molecular weight is 286 g/mol. The molecule has 5 nitrogen and oxygen atoms in total. The van der Waals surface area contributed by atoms with E-state index in [1.807, 2.05) is 6.07 Å². The van der Waals surface area contributed by atoms with Crippen molar-refractivity contribution in [2.75, 3.05) is 13.2 Å². The minimum Gasteiger partial charge on any atom is -0.468 e. The molecule has 6 heteroatoms. The summed E-state index contributed by atoms with van der Waals surface area (Å²) < 4.78 is 15.0. The molecule has 0 amide bonds. The molecule has 0 saturated heterocycles. The lowest BCUT2D eigenvalue weighted by molar-refractivity contribution is -0.149.